The SMILES string of the molecule is Cc1cc(C)cc(C(=O)N2CC(CN)CCC2C)c1. The molecule has 1 aliphatic heterocycles. The molecule has 0 radical (unpaired) electrons. The van der Waals surface area contributed by atoms with E-state index in [1.54, 1.807) is 0 Å². The summed E-state index contributed by atoms with van der Waals surface area (Å²) in [7, 11) is 0. The van der Waals surface area contributed by atoms with Crippen molar-refractivity contribution in [1.82, 2.24) is 4.90 Å². The maximum Gasteiger partial charge on any atom is 0.254 e. The summed E-state index contributed by atoms with van der Waals surface area (Å²) in [5, 5.41) is 0. The Morgan fingerprint density at radius 1 is 1.26 bits per heavy atom. The molecule has 0 spiro atoms. The van der Waals surface area contributed by atoms with Crippen LogP contribution in [0.3, 0.4) is 0 Å². The van der Waals surface area contributed by atoms with Crippen LogP contribution in [0.25, 0.3) is 0 Å². The van der Waals surface area contributed by atoms with Crippen LogP contribution >= 0.6 is 0 Å². The average molecular weight is 260 g/mol. The Bertz CT molecular complexity index is 450. The molecule has 1 aromatic rings. The monoisotopic (exact) mass is 260 g/mol. The molecule has 0 saturated carbocycles. The van der Waals surface area contributed by atoms with Crippen LogP contribution in [0.2, 0.25) is 0 Å². The second-order valence-electron chi connectivity index (χ2n) is 5.86. The Hall–Kier alpha value is -1.35. The minimum Gasteiger partial charge on any atom is -0.336 e. The summed E-state index contributed by atoms with van der Waals surface area (Å²) in [5.74, 6) is 0.600. The fourth-order valence-corrected chi connectivity index (χ4v) is 2.92. The first-order valence-corrected chi connectivity index (χ1v) is 7.10. The fraction of sp³-hybridized carbons (Fsp3) is 0.562. The average Bonchev–Trinajstić information content (AvgIpc) is 2.37. The zero-order chi connectivity index (χ0) is 14.0. The van der Waals surface area contributed by atoms with E-state index < -0.39 is 0 Å². The third kappa shape index (κ3) is 3.16. The van der Waals surface area contributed by atoms with Crippen LogP contribution < -0.4 is 5.73 Å². The van der Waals surface area contributed by atoms with Gasteiger partial charge >= 0.3 is 0 Å². The van der Waals surface area contributed by atoms with Crippen molar-refractivity contribution >= 4 is 5.91 Å². The number of rotatable bonds is 2. The van der Waals surface area contributed by atoms with Crippen molar-refractivity contribution in [2.45, 2.75) is 39.7 Å². The number of aryl methyl sites for hydroxylation is 2. The normalized spacial score (nSPS) is 23.5. The van der Waals surface area contributed by atoms with Gasteiger partial charge in [-0.1, -0.05) is 17.2 Å². The first-order chi connectivity index (χ1) is 9.01. The molecule has 3 nitrogen and oxygen atoms in total. The largest absolute Gasteiger partial charge is 0.336 e. The van der Waals surface area contributed by atoms with Gasteiger partial charge in [0.15, 0.2) is 0 Å². The molecule has 2 atom stereocenters. The van der Waals surface area contributed by atoms with Crippen molar-refractivity contribution in [3.8, 4) is 0 Å². The lowest BCUT2D eigenvalue weighted by Crippen LogP contribution is -2.47. The Labute approximate surface area is 115 Å². The van der Waals surface area contributed by atoms with Gasteiger partial charge in [-0.3, -0.25) is 4.79 Å². The summed E-state index contributed by atoms with van der Waals surface area (Å²) in [5.41, 5.74) is 8.85. The number of nitrogens with zero attached hydrogens (tertiary/aromatic N) is 1. The summed E-state index contributed by atoms with van der Waals surface area (Å²) >= 11 is 0. The van der Waals surface area contributed by atoms with Gasteiger partial charge in [0.05, 0.1) is 0 Å². The molecule has 0 bridgehead atoms. The zero-order valence-corrected chi connectivity index (χ0v) is 12.1. The summed E-state index contributed by atoms with van der Waals surface area (Å²) in [6, 6.07) is 6.37. The van der Waals surface area contributed by atoms with Crippen molar-refractivity contribution in [2.75, 3.05) is 13.1 Å². The smallest absolute Gasteiger partial charge is 0.254 e. The van der Waals surface area contributed by atoms with Crippen LogP contribution in [0, 0.1) is 19.8 Å². The molecule has 1 heterocycles. The van der Waals surface area contributed by atoms with Gasteiger partial charge < -0.3 is 10.6 Å². The van der Waals surface area contributed by atoms with Crippen molar-refractivity contribution in [1.29, 1.82) is 0 Å². The molecule has 104 valence electrons. The second kappa shape index (κ2) is 5.74. The van der Waals surface area contributed by atoms with Gasteiger partial charge in [-0.15, -0.1) is 0 Å². The lowest BCUT2D eigenvalue weighted by Gasteiger charge is -2.37. The molecule has 0 aromatic heterocycles. The van der Waals surface area contributed by atoms with E-state index in [0.717, 1.165) is 36.1 Å². The lowest BCUT2D eigenvalue weighted by molar-refractivity contribution is 0.0566. The summed E-state index contributed by atoms with van der Waals surface area (Å²) in [6.45, 7) is 7.67. The summed E-state index contributed by atoms with van der Waals surface area (Å²) in [6.07, 6.45) is 2.19. The Balaban J connectivity index is 2.21. The predicted octanol–water partition coefficient (Wildman–Crippen LogP) is 2.50. The maximum atomic E-state index is 12.7. The highest BCUT2D eigenvalue weighted by Gasteiger charge is 2.28. The van der Waals surface area contributed by atoms with Gasteiger partial charge in [0.2, 0.25) is 0 Å². The minimum atomic E-state index is 0.150. The Kier molecular flexibility index (Phi) is 4.25. The van der Waals surface area contributed by atoms with E-state index in [0.29, 0.717) is 18.5 Å². The van der Waals surface area contributed by atoms with Crippen molar-refractivity contribution in [3.05, 3.63) is 34.9 Å². The van der Waals surface area contributed by atoms with Crippen LogP contribution in [-0.4, -0.2) is 29.9 Å². The number of carbonyl (C=O) groups is 1. The molecule has 1 fully saturated rings. The number of hydrogen-bond acceptors (Lipinski definition) is 2. The van der Waals surface area contributed by atoms with Gasteiger partial charge in [0, 0.05) is 18.2 Å². The molecule has 2 N–H and O–H groups in total. The second-order valence-corrected chi connectivity index (χ2v) is 5.86. The molecular formula is C16H24N2O. The number of piperidine rings is 1. The molecule has 1 aromatic carbocycles. The first kappa shape index (κ1) is 14.1. The molecule has 0 aliphatic carbocycles. The van der Waals surface area contributed by atoms with E-state index in [-0.39, 0.29) is 5.91 Å². The highest BCUT2D eigenvalue weighted by atomic mass is 16.2. The van der Waals surface area contributed by atoms with Crippen LogP contribution in [0.4, 0.5) is 0 Å². The molecule has 3 heteroatoms. The number of nitrogens with two attached hydrogens (primary N) is 1. The van der Waals surface area contributed by atoms with Crippen LogP contribution in [0.1, 0.15) is 41.3 Å². The molecule has 1 saturated heterocycles. The van der Waals surface area contributed by atoms with Crippen LogP contribution in [-0.2, 0) is 0 Å². The predicted molar refractivity (Wildman–Crippen MR) is 78.2 cm³/mol. The Morgan fingerprint density at radius 2 is 1.89 bits per heavy atom. The van der Waals surface area contributed by atoms with E-state index in [9.17, 15) is 4.79 Å². The van der Waals surface area contributed by atoms with E-state index >= 15 is 0 Å². The maximum absolute atomic E-state index is 12.7. The number of likely N-dealkylation sites (tertiary alicyclic amines) is 1. The van der Waals surface area contributed by atoms with E-state index in [1.165, 1.54) is 0 Å². The van der Waals surface area contributed by atoms with E-state index in [2.05, 4.69) is 13.0 Å². The van der Waals surface area contributed by atoms with Crippen LogP contribution in [0.15, 0.2) is 18.2 Å². The van der Waals surface area contributed by atoms with Gasteiger partial charge in [-0.25, -0.2) is 0 Å². The number of amides is 1. The molecule has 2 rings (SSSR count). The first-order valence-electron chi connectivity index (χ1n) is 7.10. The molecule has 1 amide bonds. The van der Waals surface area contributed by atoms with E-state index in [4.69, 9.17) is 5.73 Å². The fourth-order valence-electron chi connectivity index (χ4n) is 2.92. The van der Waals surface area contributed by atoms with Gasteiger partial charge in [0.25, 0.3) is 5.91 Å². The van der Waals surface area contributed by atoms with Crippen molar-refractivity contribution in [3.63, 3.8) is 0 Å². The standard InChI is InChI=1S/C16H24N2O/c1-11-6-12(2)8-15(7-11)16(19)18-10-14(9-17)5-4-13(18)3/h6-8,13-14H,4-5,9-10,17H2,1-3H3. The molecule has 19 heavy (non-hydrogen) atoms. The van der Waals surface area contributed by atoms with Gasteiger partial charge in [-0.2, -0.15) is 0 Å². The van der Waals surface area contributed by atoms with Crippen molar-refractivity contribution in [2.24, 2.45) is 11.7 Å². The summed E-state index contributed by atoms with van der Waals surface area (Å²) in [4.78, 5) is 14.7. The van der Waals surface area contributed by atoms with Crippen molar-refractivity contribution < 1.29 is 4.79 Å². The topological polar surface area (TPSA) is 46.3 Å². The highest BCUT2D eigenvalue weighted by molar-refractivity contribution is 5.94. The number of hydrogen-bond donors (Lipinski definition) is 1. The van der Waals surface area contributed by atoms with Gasteiger partial charge in [0.1, 0.15) is 0 Å². The van der Waals surface area contributed by atoms with Gasteiger partial charge in [-0.05, 0) is 58.2 Å². The quantitative estimate of drug-likeness (QED) is 0.888. The number of carbonyl (C=O) groups excluding carboxylic acids is 1. The lowest BCUT2D eigenvalue weighted by atomic mass is 9.92. The highest BCUT2D eigenvalue weighted by Crippen LogP contribution is 2.23. The molecular weight excluding hydrogens is 236 g/mol. The Morgan fingerprint density at radius 3 is 2.47 bits per heavy atom. The number of benzene rings is 1. The zero-order valence-electron chi connectivity index (χ0n) is 12.1. The minimum absolute atomic E-state index is 0.150. The third-order valence-electron chi connectivity index (χ3n) is 4.04. The summed E-state index contributed by atoms with van der Waals surface area (Å²) < 4.78 is 0. The third-order valence-corrected chi connectivity index (χ3v) is 4.04. The van der Waals surface area contributed by atoms with E-state index in [1.807, 2.05) is 30.9 Å². The molecule has 1 aliphatic rings. The van der Waals surface area contributed by atoms with Crippen LogP contribution in [0.5, 0.6) is 0 Å². The molecule has 2 unspecified atom stereocenters.